The number of carboxylic acid groups (broad SMARTS) is 1. The van der Waals surface area contributed by atoms with Gasteiger partial charge in [-0.05, 0) is 36.4 Å². The number of hydrogen-bond acceptors (Lipinski definition) is 4. The predicted molar refractivity (Wildman–Crippen MR) is 110 cm³/mol. The molecule has 0 amide bonds. The Hall–Kier alpha value is -2.76. The Morgan fingerprint density at radius 2 is 1.00 bits per heavy atom. The van der Waals surface area contributed by atoms with Crippen molar-refractivity contribution in [3.8, 4) is 0 Å². The molecule has 3 rings (SSSR count). The molecular weight excluding hydrogens is 379 g/mol. The van der Waals surface area contributed by atoms with Crippen LogP contribution in [-0.4, -0.2) is 39.4 Å². The molecule has 6 nitrogen and oxygen atoms in total. The average Bonchev–Trinajstić information content (AvgIpc) is 2.76. The number of carbonyl (C=O) groups is 1. The Morgan fingerprint density at radius 1 is 0.679 bits per heavy atom. The number of benzene rings is 3. The van der Waals surface area contributed by atoms with E-state index in [9.17, 15) is 14.3 Å². The monoisotopic (exact) mass is 402 g/mol. The molecule has 0 aliphatic carbocycles. The van der Waals surface area contributed by atoms with Crippen molar-refractivity contribution in [2.45, 2.75) is 0 Å². The van der Waals surface area contributed by atoms with E-state index in [1.807, 2.05) is 12.1 Å². The number of carboxylic acids is 1. The van der Waals surface area contributed by atoms with Gasteiger partial charge in [0.2, 0.25) is 0 Å². The van der Waals surface area contributed by atoms with Crippen molar-refractivity contribution >= 4 is 23.9 Å². The van der Waals surface area contributed by atoms with Gasteiger partial charge in [0.05, 0.1) is 18.8 Å². The molecule has 0 bridgehead atoms. The summed E-state index contributed by atoms with van der Waals surface area (Å²) in [5.41, 5.74) is 0.331. The quantitative estimate of drug-likeness (QED) is 0.498. The van der Waals surface area contributed by atoms with Gasteiger partial charge in [0.1, 0.15) is 0 Å². The number of rotatable bonds is 4. The molecule has 0 unspecified atom stereocenters. The van der Waals surface area contributed by atoms with Crippen molar-refractivity contribution in [1.82, 2.24) is 0 Å². The molecule has 4 N–H and O–H groups in total. The zero-order valence-electron chi connectivity index (χ0n) is 15.1. The van der Waals surface area contributed by atoms with Gasteiger partial charge in [-0.1, -0.05) is 54.6 Å². The van der Waals surface area contributed by atoms with Crippen LogP contribution in [-0.2, 0) is 4.57 Å². The summed E-state index contributed by atoms with van der Waals surface area (Å²) in [7, 11) is -3.40. The van der Waals surface area contributed by atoms with E-state index in [2.05, 4.69) is 0 Å². The topological polar surface area (TPSA) is 115 Å². The Bertz CT molecular complexity index is 808. The molecule has 0 atom stereocenters. The van der Waals surface area contributed by atoms with Crippen LogP contribution < -0.4 is 10.6 Å². The molecule has 3 aromatic carbocycles. The molecule has 0 heterocycles. The highest BCUT2D eigenvalue weighted by molar-refractivity contribution is 7.73. The van der Waals surface area contributed by atoms with Gasteiger partial charge < -0.3 is 20.2 Å². The van der Waals surface area contributed by atoms with Crippen molar-refractivity contribution in [2.24, 2.45) is 0 Å². The normalized spacial score (nSPS) is 9.96. The van der Waals surface area contributed by atoms with Gasteiger partial charge in [0.15, 0.2) is 0 Å². The summed E-state index contributed by atoms with van der Waals surface area (Å²) in [6.45, 7) is -0.250. The van der Waals surface area contributed by atoms with E-state index < -0.39 is 13.3 Å². The molecule has 28 heavy (non-hydrogen) atoms. The third kappa shape index (κ3) is 7.86. The second-order valence-corrected chi connectivity index (χ2v) is 7.55. The van der Waals surface area contributed by atoms with E-state index in [0.717, 1.165) is 0 Å². The summed E-state index contributed by atoms with van der Waals surface area (Å²) in [5.74, 6) is -0.879. The second-order valence-electron chi connectivity index (χ2n) is 5.37. The van der Waals surface area contributed by atoms with Crippen LogP contribution in [0, 0.1) is 0 Å². The first-order valence-corrected chi connectivity index (χ1v) is 10.0. The first kappa shape index (κ1) is 23.3. The van der Waals surface area contributed by atoms with Crippen LogP contribution in [0.3, 0.4) is 0 Å². The van der Waals surface area contributed by atoms with Crippen LogP contribution in [0.25, 0.3) is 0 Å². The van der Waals surface area contributed by atoms with Gasteiger partial charge in [-0.2, -0.15) is 0 Å². The highest BCUT2D eigenvalue weighted by atomic mass is 31.2. The molecule has 0 aliphatic rings. The van der Waals surface area contributed by atoms with Gasteiger partial charge in [-0.25, -0.2) is 4.79 Å². The number of hydrogen-bond donors (Lipinski definition) is 4. The zero-order valence-corrected chi connectivity index (χ0v) is 16.0. The lowest BCUT2D eigenvalue weighted by atomic mass is 10.2. The van der Waals surface area contributed by atoms with E-state index in [1.54, 1.807) is 78.9 Å². The lowest BCUT2D eigenvalue weighted by molar-refractivity contribution is 0.0697. The minimum Gasteiger partial charge on any atom is -0.478 e. The van der Waals surface area contributed by atoms with Gasteiger partial charge in [-0.15, -0.1) is 0 Å². The first-order chi connectivity index (χ1) is 13.4. The zero-order chi connectivity index (χ0) is 20.8. The minimum absolute atomic E-state index is 0.125. The lowest BCUT2D eigenvalue weighted by Gasteiger charge is -2.11. The van der Waals surface area contributed by atoms with Crippen molar-refractivity contribution in [3.63, 3.8) is 0 Å². The molecule has 0 spiro atoms. The second kappa shape index (κ2) is 12.6. The molecule has 3 aromatic rings. The van der Waals surface area contributed by atoms with Crippen molar-refractivity contribution < 1.29 is 29.6 Å². The summed E-state index contributed by atoms with van der Waals surface area (Å²) in [6.07, 6.45) is 0. The van der Waals surface area contributed by atoms with Crippen LogP contribution >= 0.6 is 7.37 Å². The highest BCUT2D eigenvalue weighted by Crippen LogP contribution is 2.37. The molecule has 7 heteroatoms. The maximum Gasteiger partial charge on any atom is 0.335 e. The Kier molecular flexibility index (Phi) is 10.5. The largest absolute Gasteiger partial charge is 0.478 e. The lowest BCUT2D eigenvalue weighted by Crippen LogP contribution is -2.14. The molecule has 0 aliphatic heterocycles. The van der Waals surface area contributed by atoms with E-state index in [-0.39, 0.29) is 13.2 Å². The first-order valence-electron chi connectivity index (χ1n) is 8.37. The summed E-state index contributed by atoms with van der Waals surface area (Å²) < 4.78 is 12.2. The predicted octanol–water partition coefficient (Wildman–Crippen LogP) is 2.26. The van der Waals surface area contributed by atoms with Crippen molar-refractivity contribution in [2.75, 3.05) is 13.2 Å². The summed E-state index contributed by atoms with van der Waals surface area (Å²) >= 11 is 0. The van der Waals surface area contributed by atoms with Gasteiger partial charge in [-0.3, -0.25) is 4.57 Å². The van der Waals surface area contributed by atoms with Crippen LogP contribution in [0.4, 0.5) is 0 Å². The molecular formula is C21H23O6P. The van der Waals surface area contributed by atoms with Crippen LogP contribution in [0.5, 0.6) is 0 Å². The molecule has 0 saturated heterocycles. The fourth-order valence-corrected chi connectivity index (χ4v) is 3.44. The summed E-state index contributed by atoms with van der Waals surface area (Å²) in [6, 6.07) is 25.7. The van der Waals surface area contributed by atoms with Crippen molar-refractivity contribution in [3.05, 3.63) is 96.6 Å². The molecule has 0 saturated carbocycles. The van der Waals surface area contributed by atoms with E-state index in [1.165, 1.54) is 0 Å². The van der Waals surface area contributed by atoms with Crippen LogP contribution in [0.15, 0.2) is 91.0 Å². The molecule has 0 aromatic heterocycles. The fourth-order valence-electron chi connectivity index (χ4n) is 1.99. The van der Waals surface area contributed by atoms with E-state index >= 15 is 0 Å². The molecule has 0 radical (unpaired) electrons. The maximum atomic E-state index is 12.2. The number of aliphatic hydroxyl groups excluding tert-OH is 2. The minimum atomic E-state index is -3.40. The number of aliphatic hydroxyl groups is 2. The number of aromatic carboxylic acids is 1. The Morgan fingerprint density at radius 3 is 1.25 bits per heavy atom. The average molecular weight is 402 g/mol. The van der Waals surface area contributed by atoms with Crippen LogP contribution in [0.2, 0.25) is 0 Å². The molecule has 148 valence electrons. The molecule has 0 fully saturated rings. The Labute approximate surface area is 163 Å². The van der Waals surface area contributed by atoms with Gasteiger partial charge in [0, 0.05) is 10.6 Å². The third-order valence-corrected chi connectivity index (χ3v) is 5.33. The van der Waals surface area contributed by atoms with E-state index in [4.69, 9.17) is 15.3 Å². The Balaban J connectivity index is 0.000000256. The van der Waals surface area contributed by atoms with Crippen molar-refractivity contribution in [1.29, 1.82) is 0 Å². The van der Waals surface area contributed by atoms with Gasteiger partial charge in [0.25, 0.3) is 7.37 Å². The highest BCUT2D eigenvalue weighted by Gasteiger charge is 2.22. The fraction of sp³-hybridized carbons (Fsp3) is 0.0952. The van der Waals surface area contributed by atoms with E-state index in [0.29, 0.717) is 16.2 Å². The maximum absolute atomic E-state index is 12.2. The third-order valence-electron chi connectivity index (χ3n) is 3.33. The smallest absolute Gasteiger partial charge is 0.335 e. The summed E-state index contributed by atoms with van der Waals surface area (Å²) in [5, 5.41) is 24.6. The van der Waals surface area contributed by atoms with Gasteiger partial charge >= 0.3 is 5.97 Å². The standard InChI is InChI=1S/C12H11O2P.C7H6O2.C2H6O2/c13-15(14,11-7-3-1-4-8-11)12-9-5-2-6-10-12;8-7(9)6-4-2-1-3-5-6;3-1-2-4/h1-10H,(H,13,14);1-5H,(H,8,9);3-4H,1-2H2. The SMILES string of the molecule is O=C(O)c1ccccc1.O=P(O)(c1ccccc1)c1ccccc1.OCCO. The summed E-state index contributed by atoms with van der Waals surface area (Å²) in [4.78, 5) is 20.2. The van der Waals surface area contributed by atoms with Crippen LogP contribution in [0.1, 0.15) is 10.4 Å².